The summed E-state index contributed by atoms with van der Waals surface area (Å²) < 4.78 is 7.21. The molecule has 51 heavy (non-hydrogen) atoms. The van der Waals surface area contributed by atoms with Crippen molar-refractivity contribution in [2.45, 2.75) is 50.9 Å². The molecule has 5 heterocycles. The van der Waals surface area contributed by atoms with E-state index < -0.39 is 0 Å². The number of aromatic nitrogens is 3. The summed E-state index contributed by atoms with van der Waals surface area (Å²) in [6.07, 6.45) is 6.15. The number of carbonyl (C=O) groups excluding carboxylic acids is 2. The standard InChI is InChI=1S/C38H37Cl2N7O4/c1-51-37-32(20-42-19-25-10-13-34(49)45-25)43-21-31(46-37)30-7-3-6-29(36(30)40)28-5-2-4-27(35(28)39)22-14-15-47-26(16-22)11-8-23(38(47)50)17-41-18-24-9-12-33(48)44-24/h2-8,11,14-16,21,24-25,41-42H,9-10,12-13,17-20H2,1H3,(H,44,48)(H,45,49)/t24-,25+/m0/s1. The van der Waals surface area contributed by atoms with Gasteiger partial charge in [0.25, 0.3) is 5.56 Å². The van der Waals surface area contributed by atoms with Gasteiger partial charge < -0.3 is 26.0 Å². The van der Waals surface area contributed by atoms with Gasteiger partial charge in [-0.15, -0.1) is 0 Å². The van der Waals surface area contributed by atoms with Gasteiger partial charge in [0.1, 0.15) is 5.69 Å². The molecule has 2 aliphatic rings. The van der Waals surface area contributed by atoms with Crippen molar-refractivity contribution in [1.82, 2.24) is 35.6 Å². The van der Waals surface area contributed by atoms with Crippen molar-refractivity contribution in [3.63, 3.8) is 0 Å². The van der Waals surface area contributed by atoms with E-state index >= 15 is 0 Å². The molecule has 0 spiro atoms. The van der Waals surface area contributed by atoms with Crippen molar-refractivity contribution in [2.75, 3.05) is 20.2 Å². The van der Waals surface area contributed by atoms with E-state index in [2.05, 4.69) is 26.3 Å². The van der Waals surface area contributed by atoms with E-state index in [0.717, 1.165) is 40.6 Å². The van der Waals surface area contributed by atoms with Crippen LogP contribution in [0.25, 0.3) is 39.0 Å². The van der Waals surface area contributed by atoms with E-state index in [4.69, 9.17) is 32.9 Å². The van der Waals surface area contributed by atoms with E-state index in [1.807, 2.05) is 60.7 Å². The molecule has 2 aromatic carbocycles. The highest BCUT2D eigenvalue weighted by atomic mass is 35.5. The molecule has 0 saturated carbocycles. The first kappa shape index (κ1) is 34.6. The molecule has 13 heteroatoms. The van der Waals surface area contributed by atoms with E-state index in [1.54, 1.807) is 23.9 Å². The lowest BCUT2D eigenvalue weighted by Gasteiger charge is -2.15. The van der Waals surface area contributed by atoms with E-state index in [-0.39, 0.29) is 29.5 Å². The number of rotatable bonds is 12. The number of hydrogen-bond acceptors (Lipinski definition) is 8. The van der Waals surface area contributed by atoms with Crippen LogP contribution in [0.3, 0.4) is 0 Å². The lowest BCUT2D eigenvalue weighted by Crippen LogP contribution is -2.36. The summed E-state index contributed by atoms with van der Waals surface area (Å²) in [7, 11) is 1.55. The fourth-order valence-electron chi connectivity index (χ4n) is 6.66. The minimum atomic E-state index is -0.103. The minimum Gasteiger partial charge on any atom is -0.480 e. The first-order valence-corrected chi connectivity index (χ1v) is 17.7. The number of ether oxygens (including phenoxy) is 1. The predicted molar refractivity (Wildman–Crippen MR) is 198 cm³/mol. The minimum absolute atomic E-state index is 0.0708. The van der Waals surface area contributed by atoms with Crippen molar-refractivity contribution in [2.24, 2.45) is 0 Å². The van der Waals surface area contributed by atoms with Gasteiger partial charge >= 0.3 is 0 Å². The van der Waals surface area contributed by atoms with E-state index in [1.165, 1.54) is 0 Å². The van der Waals surface area contributed by atoms with Gasteiger partial charge in [-0.2, -0.15) is 0 Å². The smallest absolute Gasteiger partial charge is 0.259 e. The maximum absolute atomic E-state index is 13.3. The van der Waals surface area contributed by atoms with Gasteiger partial charge in [0.2, 0.25) is 17.7 Å². The molecule has 2 fully saturated rings. The van der Waals surface area contributed by atoms with Crippen LogP contribution in [0.2, 0.25) is 10.0 Å². The second-order valence-electron chi connectivity index (χ2n) is 12.8. The summed E-state index contributed by atoms with van der Waals surface area (Å²) in [6.45, 7) is 2.09. The third-order valence-corrected chi connectivity index (χ3v) is 10.2. The number of pyridine rings is 2. The number of fused-ring (bicyclic) bond motifs is 1. The first-order chi connectivity index (χ1) is 24.8. The Kier molecular flexibility index (Phi) is 10.3. The SMILES string of the molecule is COc1nc(-c2cccc(-c3cccc(-c4ccn5c(=O)c(CNC[C@@H]6CCC(=O)N6)ccc5c4)c3Cl)c2Cl)cnc1CNC[C@H]1CCC(=O)N1. The Hall–Kier alpha value is -4.81. The van der Waals surface area contributed by atoms with Crippen LogP contribution in [-0.4, -0.2) is 58.5 Å². The zero-order valence-corrected chi connectivity index (χ0v) is 29.5. The molecule has 2 saturated heterocycles. The van der Waals surface area contributed by atoms with Gasteiger partial charge in [-0.25, -0.2) is 4.98 Å². The van der Waals surface area contributed by atoms with Crippen molar-refractivity contribution in [3.8, 4) is 39.4 Å². The number of benzene rings is 2. The second kappa shape index (κ2) is 15.2. The molecule has 0 bridgehead atoms. The highest BCUT2D eigenvalue weighted by Crippen LogP contribution is 2.42. The molecule has 3 aromatic heterocycles. The molecule has 2 amide bonds. The number of nitrogens with one attached hydrogen (secondary N) is 4. The first-order valence-electron chi connectivity index (χ1n) is 16.9. The number of halogens is 2. The molecule has 5 aromatic rings. The number of hydrogen-bond donors (Lipinski definition) is 4. The van der Waals surface area contributed by atoms with Crippen LogP contribution in [-0.2, 0) is 22.7 Å². The Balaban J connectivity index is 1.10. The molecule has 4 N–H and O–H groups in total. The molecule has 7 rings (SSSR count). The van der Waals surface area contributed by atoms with Crippen molar-refractivity contribution >= 4 is 40.5 Å². The monoisotopic (exact) mass is 725 g/mol. The molecular formula is C38H37Cl2N7O4. The average molecular weight is 727 g/mol. The molecular weight excluding hydrogens is 689 g/mol. The lowest BCUT2D eigenvalue weighted by molar-refractivity contribution is -0.120. The van der Waals surface area contributed by atoms with Gasteiger partial charge in [-0.3, -0.25) is 23.8 Å². The van der Waals surface area contributed by atoms with Gasteiger partial charge in [0, 0.05) is 90.6 Å². The summed E-state index contributed by atoms with van der Waals surface area (Å²) in [6, 6.07) is 19.3. The molecule has 0 unspecified atom stereocenters. The normalized spacial score (nSPS) is 17.2. The van der Waals surface area contributed by atoms with Crippen molar-refractivity contribution < 1.29 is 14.3 Å². The maximum Gasteiger partial charge on any atom is 0.259 e. The topological polar surface area (TPSA) is 139 Å². The van der Waals surface area contributed by atoms with Crippen LogP contribution in [0.15, 0.2) is 77.9 Å². The molecule has 262 valence electrons. The molecule has 2 aliphatic heterocycles. The fourth-order valence-corrected chi connectivity index (χ4v) is 7.33. The summed E-state index contributed by atoms with van der Waals surface area (Å²) in [5.41, 5.74) is 6.29. The van der Waals surface area contributed by atoms with E-state index in [0.29, 0.717) is 77.5 Å². The summed E-state index contributed by atoms with van der Waals surface area (Å²) in [5, 5.41) is 13.5. The van der Waals surface area contributed by atoms with Gasteiger partial charge in [0.05, 0.1) is 29.0 Å². The van der Waals surface area contributed by atoms with Crippen LogP contribution in [0, 0.1) is 0 Å². The van der Waals surface area contributed by atoms with Crippen LogP contribution < -0.4 is 31.6 Å². The van der Waals surface area contributed by atoms with E-state index in [9.17, 15) is 14.4 Å². The Labute approximate surface area is 304 Å². The Morgan fingerprint density at radius 3 is 2.10 bits per heavy atom. The van der Waals surface area contributed by atoms with Crippen molar-refractivity contribution in [1.29, 1.82) is 0 Å². The third-order valence-electron chi connectivity index (χ3n) is 9.37. The van der Waals surface area contributed by atoms with Crippen LogP contribution in [0.5, 0.6) is 5.88 Å². The van der Waals surface area contributed by atoms with Crippen LogP contribution >= 0.6 is 23.2 Å². The van der Waals surface area contributed by atoms with Crippen LogP contribution in [0.1, 0.15) is 36.9 Å². The van der Waals surface area contributed by atoms with Crippen molar-refractivity contribution in [3.05, 3.63) is 105 Å². The molecule has 0 radical (unpaired) electrons. The molecule has 11 nitrogen and oxygen atoms in total. The molecule has 0 aliphatic carbocycles. The Morgan fingerprint density at radius 2 is 1.45 bits per heavy atom. The predicted octanol–water partition coefficient (Wildman–Crippen LogP) is 5.14. The largest absolute Gasteiger partial charge is 0.480 e. The van der Waals surface area contributed by atoms with Gasteiger partial charge in [0.15, 0.2) is 0 Å². The zero-order valence-electron chi connectivity index (χ0n) is 28.0. The quantitative estimate of drug-likeness (QED) is 0.139. The summed E-state index contributed by atoms with van der Waals surface area (Å²) in [5.74, 6) is 0.534. The Morgan fingerprint density at radius 1 is 0.824 bits per heavy atom. The Bertz CT molecular complexity index is 2190. The lowest BCUT2D eigenvalue weighted by atomic mass is 9.97. The zero-order chi connectivity index (χ0) is 35.5. The summed E-state index contributed by atoms with van der Waals surface area (Å²) >= 11 is 14.2. The number of carbonyl (C=O) groups is 2. The number of amides is 2. The third kappa shape index (κ3) is 7.48. The highest BCUT2D eigenvalue weighted by Gasteiger charge is 2.22. The van der Waals surface area contributed by atoms with Gasteiger partial charge in [-0.1, -0.05) is 65.7 Å². The van der Waals surface area contributed by atoms with Gasteiger partial charge in [-0.05, 0) is 36.6 Å². The highest BCUT2D eigenvalue weighted by molar-refractivity contribution is 6.39. The molecule has 2 atom stereocenters. The summed E-state index contributed by atoms with van der Waals surface area (Å²) in [4.78, 5) is 45.6. The maximum atomic E-state index is 13.3. The van der Waals surface area contributed by atoms with Crippen LogP contribution in [0.4, 0.5) is 0 Å². The second-order valence-corrected chi connectivity index (χ2v) is 13.5. The fraction of sp³-hybridized carbons (Fsp3) is 0.289. The number of nitrogens with zero attached hydrogens (tertiary/aromatic N) is 3. The number of methoxy groups -OCH3 is 1. The average Bonchev–Trinajstić information content (AvgIpc) is 3.76.